The van der Waals surface area contributed by atoms with Gasteiger partial charge in [-0.1, -0.05) is 0 Å². The number of ketones is 1. The van der Waals surface area contributed by atoms with Crippen molar-refractivity contribution in [2.24, 2.45) is 0 Å². The van der Waals surface area contributed by atoms with E-state index in [1.807, 2.05) is 0 Å². The van der Waals surface area contributed by atoms with Crippen LogP contribution in [-0.2, 0) is 23.8 Å². The van der Waals surface area contributed by atoms with Crippen molar-refractivity contribution in [1.82, 2.24) is 0 Å². The van der Waals surface area contributed by atoms with E-state index in [4.69, 9.17) is 14.2 Å². The van der Waals surface area contributed by atoms with Gasteiger partial charge in [0, 0.05) is 6.08 Å². The van der Waals surface area contributed by atoms with Crippen molar-refractivity contribution >= 4 is 11.8 Å². The van der Waals surface area contributed by atoms with Crippen molar-refractivity contribution in [3.8, 4) is 0 Å². The highest BCUT2D eigenvalue weighted by atomic mass is 16.6. The first-order chi connectivity index (χ1) is 8.98. The Morgan fingerprint density at radius 3 is 2.89 bits per heavy atom. The first kappa shape index (κ1) is 13.7. The molecule has 2 heterocycles. The minimum absolute atomic E-state index is 0.114. The monoisotopic (exact) mass is 266 g/mol. The molecule has 2 aliphatic rings. The number of hydrogen-bond donors (Lipinski definition) is 1. The number of cyclic esters (lactones) is 1. The molecule has 6 nitrogen and oxygen atoms in total. The van der Waals surface area contributed by atoms with Crippen molar-refractivity contribution in [2.75, 3.05) is 19.8 Å². The summed E-state index contributed by atoms with van der Waals surface area (Å²) in [6.07, 6.45) is 5.50. The number of ether oxygens (including phenoxy) is 3. The molecule has 0 aromatic carbocycles. The normalized spacial score (nSPS) is 28.7. The third kappa shape index (κ3) is 3.60. The van der Waals surface area contributed by atoms with Crippen LogP contribution in [-0.4, -0.2) is 42.5 Å². The number of esters is 1. The predicted molar refractivity (Wildman–Crippen MR) is 63.8 cm³/mol. The number of rotatable bonds is 4. The van der Waals surface area contributed by atoms with Gasteiger partial charge in [-0.15, -0.1) is 0 Å². The summed E-state index contributed by atoms with van der Waals surface area (Å²) in [4.78, 5) is 21.8. The van der Waals surface area contributed by atoms with E-state index in [0.29, 0.717) is 5.76 Å². The van der Waals surface area contributed by atoms with Crippen LogP contribution < -0.4 is 0 Å². The van der Waals surface area contributed by atoms with Gasteiger partial charge in [0.05, 0.1) is 6.61 Å². The van der Waals surface area contributed by atoms with Gasteiger partial charge in [0.2, 0.25) is 5.79 Å². The Kier molecular flexibility index (Phi) is 3.94. The molecule has 0 aliphatic carbocycles. The SMILES string of the molecule is CC1=CC(=O)O/C1=C\COCC1(O)C=CC(=O)CO1. The van der Waals surface area contributed by atoms with Crippen molar-refractivity contribution in [1.29, 1.82) is 0 Å². The van der Waals surface area contributed by atoms with Crippen molar-refractivity contribution < 1.29 is 28.9 Å². The Hall–Kier alpha value is -1.76. The molecule has 19 heavy (non-hydrogen) atoms. The van der Waals surface area contributed by atoms with Gasteiger partial charge in [-0.25, -0.2) is 4.79 Å². The van der Waals surface area contributed by atoms with Crippen LogP contribution in [0.1, 0.15) is 6.92 Å². The average Bonchev–Trinajstić information content (AvgIpc) is 2.68. The number of carbonyl (C=O) groups excluding carboxylic acids is 2. The van der Waals surface area contributed by atoms with Crippen LogP contribution in [0.4, 0.5) is 0 Å². The fraction of sp³-hybridized carbons (Fsp3) is 0.385. The fourth-order valence-electron chi connectivity index (χ4n) is 1.61. The molecule has 0 fully saturated rings. The molecule has 0 radical (unpaired) electrons. The Bertz CT molecular complexity index is 487. The molecule has 1 atom stereocenters. The minimum Gasteiger partial charge on any atom is -0.423 e. The average molecular weight is 266 g/mol. The maximum atomic E-state index is 10.9. The van der Waals surface area contributed by atoms with Gasteiger partial charge < -0.3 is 19.3 Å². The van der Waals surface area contributed by atoms with Gasteiger partial charge in [0.15, 0.2) is 5.78 Å². The summed E-state index contributed by atoms with van der Waals surface area (Å²) >= 11 is 0. The summed E-state index contributed by atoms with van der Waals surface area (Å²) in [5, 5.41) is 9.87. The molecule has 0 aromatic rings. The molecule has 1 N–H and O–H groups in total. The van der Waals surface area contributed by atoms with E-state index in [2.05, 4.69) is 0 Å². The van der Waals surface area contributed by atoms with Crippen molar-refractivity contribution in [3.63, 3.8) is 0 Å². The highest BCUT2D eigenvalue weighted by Crippen LogP contribution is 2.19. The van der Waals surface area contributed by atoms with E-state index in [1.54, 1.807) is 13.0 Å². The Balaban J connectivity index is 1.80. The summed E-state index contributed by atoms with van der Waals surface area (Å²) in [6, 6.07) is 0. The molecule has 102 valence electrons. The van der Waals surface area contributed by atoms with E-state index >= 15 is 0 Å². The molecular formula is C13H14O6. The van der Waals surface area contributed by atoms with Crippen molar-refractivity contribution in [2.45, 2.75) is 12.7 Å². The number of allylic oxidation sites excluding steroid dienone is 1. The molecule has 2 rings (SSSR count). The van der Waals surface area contributed by atoms with Crippen LogP contribution in [0.25, 0.3) is 0 Å². The predicted octanol–water partition coefficient (Wildman–Crippen LogP) is 0.234. The van der Waals surface area contributed by atoms with Crippen LogP contribution in [0.15, 0.2) is 35.6 Å². The molecule has 0 bridgehead atoms. The Labute approximate surface area is 109 Å². The molecule has 2 aliphatic heterocycles. The summed E-state index contributed by atoms with van der Waals surface area (Å²) in [5.74, 6) is -1.74. The maximum absolute atomic E-state index is 10.9. The molecule has 0 saturated heterocycles. The summed E-state index contributed by atoms with van der Waals surface area (Å²) in [5.41, 5.74) is 0.728. The lowest BCUT2D eigenvalue weighted by Crippen LogP contribution is -2.40. The zero-order valence-electron chi connectivity index (χ0n) is 10.4. The molecule has 1 unspecified atom stereocenters. The number of carbonyl (C=O) groups is 2. The minimum atomic E-state index is -1.58. The Morgan fingerprint density at radius 2 is 2.32 bits per heavy atom. The fourth-order valence-corrected chi connectivity index (χ4v) is 1.61. The molecule has 6 heteroatoms. The van der Waals surface area contributed by atoms with Gasteiger partial charge >= 0.3 is 5.97 Å². The van der Waals surface area contributed by atoms with E-state index < -0.39 is 11.8 Å². The van der Waals surface area contributed by atoms with E-state index in [-0.39, 0.29) is 25.6 Å². The second kappa shape index (κ2) is 5.48. The van der Waals surface area contributed by atoms with Crippen LogP contribution in [0.3, 0.4) is 0 Å². The first-order valence-electron chi connectivity index (χ1n) is 5.75. The van der Waals surface area contributed by atoms with Gasteiger partial charge in [-0.2, -0.15) is 0 Å². The lowest BCUT2D eigenvalue weighted by molar-refractivity contribution is -0.201. The second-order valence-corrected chi connectivity index (χ2v) is 4.27. The zero-order chi connectivity index (χ0) is 13.9. The topological polar surface area (TPSA) is 82.1 Å². The summed E-state index contributed by atoms with van der Waals surface area (Å²) in [7, 11) is 0. The number of hydrogen-bond acceptors (Lipinski definition) is 6. The van der Waals surface area contributed by atoms with Crippen LogP contribution in [0.5, 0.6) is 0 Å². The molecule has 0 aromatic heterocycles. The Morgan fingerprint density at radius 1 is 1.53 bits per heavy atom. The van der Waals surface area contributed by atoms with E-state index in [1.165, 1.54) is 18.2 Å². The maximum Gasteiger partial charge on any atom is 0.336 e. The van der Waals surface area contributed by atoms with Crippen LogP contribution in [0, 0.1) is 0 Å². The largest absolute Gasteiger partial charge is 0.423 e. The standard InChI is InChI=1S/C13H14O6/c1-9-6-12(15)19-11(9)3-5-17-8-13(16)4-2-10(14)7-18-13/h2-4,6,16H,5,7-8H2,1H3/b11-3-. The quantitative estimate of drug-likeness (QED) is 0.579. The smallest absolute Gasteiger partial charge is 0.336 e. The summed E-state index contributed by atoms with van der Waals surface area (Å²) < 4.78 is 15.1. The highest BCUT2D eigenvalue weighted by Gasteiger charge is 2.29. The zero-order valence-corrected chi connectivity index (χ0v) is 10.4. The van der Waals surface area contributed by atoms with Crippen LogP contribution in [0.2, 0.25) is 0 Å². The number of aliphatic hydroxyl groups is 1. The molecular weight excluding hydrogens is 252 g/mol. The molecule has 0 spiro atoms. The third-order valence-corrected chi connectivity index (χ3v) is 2.62. The second-order valence-electron chi connectivity index (χ2n) is 4.27. The van der Waals surface area contributed by atoms with Gasteiger partial charge in [-0.05, 0) is 30.7 Å². The van der Waals surface area contributed by atoms with Crippen LogP contribution >= 0.6 is 0 Å². The third-order valence-electron chi connectivity index (χ3n) is 2.62. The van der Waals surface area contributed by atoms with Gasteiger partial charge in [0.1, 0.15) is 19.0 Å². The first-order valence-corrected chi connectivity index (χ1v) is 5.75. The van der Waals surface area contributed by atoms with Crippen molar-refractivity contribution in [3.05, 3.63) is 35.6 Å². The lowest BCUT2D eigenvalue weighted by atomic mass is 10.2. The molecule has 0 saturated carbocycles. The lowest BCUT2D eigenvalue weighted by Gasteiger charge is -2.26. The van der Waals surface area contributed by atoms with Gasteiger partial charge in [-0.3, -0.25) is 4.79 Å². The van der Waals surface area contributed by atoms with E-state index in [0.717, 1.165) is 5.57 Å². The molecule has 0 amide bonds. The van der Waals surface area contributed by atoms with Gasteiger partial charge in [0.25, 0.3) is 0 Å². The van der Waals surface area contributed by atoms with E-state index in [9.17, 15) is 14.7 Å². The highest BCUT2D eigenvalue weighted by molar-refractivity contribution is 5.91. The summed E-state index contributed by atoms with van der Waals surface area (Å²) in [6.45, 7) is 1.62.